The number of allylic oxidation sites excluding steroid dienone is 3. The Morgan fingerprint density at radius 1 is 1.18 bits per heavy atom. The van der Waals surface area contributed by atoms with Crippen LogP contribution in [0, 0.1) is 32.6 Å². The number of hydrogen-bond donors (Lipinski definition) is 0. The van der Waals surface area contributed by atoms with Crippen molar-refractivity contribution in [2.45, 2.75) is 34.1 Å². The molecule has 0 nitrogen and oxygen atoms in total. The molecule has 1 heterocycles. The standard InChI is InChI=1S/C21H22S/c1-5-6-7-19(15-21-12-13-22-18(21)4)10-11-20-14-16(2)8-9-17(20)3/h6-9,12-15H,5H2,1-4H3/b7-6+,19-15+. The van der Waals surface area contributed by atoms with E-state index in [2.05, 4.69) is 87.4 Å². The quantitative estimate of drug-likeness (QED) is 0.476. The molecule has 112 valence electrons. The zero-order valence-electron chi connectivity index (χ0n) is 13.7. The second-order valence-corrected chi connectivity index (χ2v) is 6.53. The summed E-state index contributed by atoms with van der Waals surface area (Å²) < 4.78 is 0. The summed E-state index contributed by atoms with van der Waals surface area (Å²) in [6.45, 7) is 8.50. The van der Waals surface area contributed by atoms with E-state index in [1.54, 1.807) is 11.3 Å². The lowest BCUT2D eigenvalue weighted by Gasteiger charge is -1.99. The maximum Gasteiger partial charge on any atom is 0.0280 e. The molecule has 0 bridgehead atoms. The van der Waals surface area contributed by atoms with Crippen LogP contribution in [0.2, 0.25) is 0 Å². The molecule has 0 saturated carbocycles. The molecule has 0 fully saturated rings. The van der Waals surface area contributed by atoms with Crippen molar-refractivity contribution in [3.63, 3.8) is 0 Å². The van der Waals surface area contributed by atoms with Gasteiger partial charge in [-0.1, -0.05) is 43.0 Å². The third kappa shape index (κ3) is 4.48. The molecule has 0 aliphatic rings. The monoisotopic (exact) mass is 306 g/mol. The number of hydrogen-bond acceptors (Lipinski definition) is 1. The van der Waals surface area contributed by atoms with Gasteiger partial charge in [0.2, 0.25) is 0 Å². The van der Waals surface area contributed by atoms with Gasteiger partial charge in [0.25, 0.3) is 0 Å². The summed E-state index contributed by atoms with van der Waals surface area (Å²) in [4.78, 5) is 1.33. The van der Waals surface area contributed by atoms with Crippen LogP contribution in [0.15, 0.2) is 47.4 Å². The predicted octanol–water partition coefficient (Wildman–Crippen LogP) is 6.07. The van der Waals surface area contributed by atoms with Crippen LogP contribution in [0.1, 0.15) is 40.5 Å². The molecule has 0 saturated heterocycles. The molecule has 0 radical (unpaired) electrons. The number of benzene rings is 1. The molecule has 0 aliphatic carbocycles. The van der Waals surface area contributed by atoms with Crippen LogP contribution in [-0.4, -0.2) is 0 Å². The van der Waals surface area contributed by atoms with E-state index in [-0.39, 0.29) is 0 Å². The van der Waals surface area contributed by atoms with E-state index < -0.39 is 0 Å². The lowest BCUT2D eigenvalue weighted by atomic mass is 10.0. The Morgan fingerprint density at radius 2 is 2.00 bits per heavy atom. The fourth-order valence-electron chi connectivity index (χ4n) is 2.09. The SMILES string of the molecule is CC/C=C/C(C#Cc1cc(C)ccc1C)=C\c1ccsc1C. The maximum atomic E-state index is 3.33. The van der Waals surface area contributed by atoms with Crippen LogP contribution in [-0.2, 0) is 0 Å². The molecule has 2 rings (SSSR count). The van der Waals surface area contributed by atoms with E-state index in [0.717, 1.165) is 17.6 Å². The Balaban J connectivity index is 2.38. The zero-order valence-corrected chi connectivity index (χ0v) is 14.6. The van der Waals surface area contributed by atoms with E-state index in [4.69, 9.17) is 0 Å². The van der Waals surface area contributed by atoms with Crippen LogP contribution < -0.4 is 0 Å². The summed E-state index contributed by atoms with van der Waals surface area (Å²) in [5, 5.41) is 2.13. The molecule has 0 N–H and O–H groups in total. The molecule has 1 aromatic heterocycles. The molecule has 0 aliphatic heterocycles. The van der Waals surface area contributed by atoms with Crippen LogP contribution in [0.4, 0.5) is 0 Å². The van der Waals surface area contributed by atoms with Gasteiger partial charge in [0.15, 0.2) is 0 Å². The highest BCUT2D eigenvalue weighted by Gasteiger charge is 1.98. The summed E-state index contributed by atoms with van der Waals surface area (Å²) in [6.07, 6.45) is 7.47. The molecule has 0 amide bonds. The Bertz CT molecular complexity index is 761. The summed E-state index contributed by atoms with van der Waals surface area (Å²) in [7, 11) is 0. The first kappa shape index (κ1) is 16.3. The highest BCUT2D eigenvalue weighted by atomic mass is 32.1. The Labute approximate surface area is 138 Å². The summed E-state index contributed by atoms with van der Waals surface area (Å²) in [5.74, 6) is 6.66. The summed E-state index contributed by atoms with van der Waals surface area (Å²) in [5.41, 5.74) is 5.90. The summed E-state index contributed by atoms with van der Waals surface area (Å²) >= 11 is 1.77. The van der Waals surface area contributed by atoms with Crippen LogP contribution in [0.25, 0.3) is 6.08 Å². The smallest absolute Gasteiger partial charge is 0.0280 e. The lowest BCUT2D eigenvalue weighted by molar-refractivity contribution is 1.22. The van der Waals surface area contributed by atoms with Gasteiger partial charge in [0.05, 0.1) is 0 Å². The number of rotatable bonds is 3. The normalized spacial score (nSPS) is 11.5. The van der Waals surface area contributed by atoms with E-state index >= 15 is 0 Å². The fraction of sp³-hybridized carbons (Fsp3) is 0.238. The average Bonchev–Trinajstić information content (AvgIpc) is 2.90. The van der Waals surface area contributed by atoms with Crippen molar-refractivity contribution in [3.05, 3.63) is 74.5 Å². The first-order valence-electron chi connectivity index (χ1n) is 7.61. The Hall–Kier alpha value is -2.04. The van der Waals surface area contributed by atoms with Crippen LogP contribution >= 0.6 is 11.3 Å². The topological polar surface area (TPSA) is 0 Å². The van der Waals surface area contributed by atoms with Crippen molar-refractivity contribution in [1.29, 1.82) is 0 Å². The van der Waals surface area contributed by atoms with Gasteiger partial charge < -0.3 is 0 Å². The van der Waals surface area contributed by atoms with Gasteiger partial charge in [-0.15, -0.1) is 11.3 Å². The van der Waals surface area contributed by atoms with E-state index in [1.807, 2.05) is 0 Å². The van der Waals surface area contributed by atoms with Crippen molar-refractivity contribution in [1.82, 2.24) is 0 Å². The van der Waals surface area contributed by atoms with Crippen molar-refractivity contribution in [2.75, 3.05) is 0 Å². The molecular weight excluding hydrogens is 284 g/mol. The van der Waals surface area contributed by atoms with Gasteiger partial charge in [-0.3, -0.25) is 0 Å². The molecule has 0 spiro atoms. The molecule has 0 unspecified atom stereocenters. The highest BCUT2D eigenvalue weighted by molar-refractivity contribution is 7.10. The first-order chi connectivity index (χ1) is 10.6. The van der Waals surface area contributed by atoms with Crippen molar-refractivity contribution in [2.24, 2.45) is 0 Å². The third-order valence-electron chi connectivity index (χ3n) is 3.48. The maximum absolute atomic E-state index is 3.33. The van der Waals surface area contributed by atoms with Gasteiger partial charge in [-0.2, -0.15) is 0 Å². The second-order valence-electron chi connectivity index (χ2n) is 5.41. The minimum atomic E-state index is 1.02. The van der Waals surface area contributed by atoms with Crippen molar-refractivity contribution < 1.29 is 0 Å². The van der Waals surface area contributed by atoms with E-state index in [1.165, 1.54) is 21.6 Å². The van der Waals surface area contributed by atoms with E-state index in [0.29, 0.717) is 0 Å². The largest absolute Gasteiger partial charge is 0.149 e. The fourth-order valence-corrected chi connectivity index (χ4v) is 2.77. The predicted molar refractivity (Wildman–Crippen MR) is 99.3 cm³/mol. The highest BCUT2D eigenvalue weighted by Crippen LogP contribution is 2.19. The average molecular weight is 306 g/mol. The van der Waals surface area contributed by atoms with Crippen LogP contribution in [0.5, 0.6) is 0 Å². The van der Waals surface area contributed by atoms with Crippen molar-refractivity contribution >= 4 is 17.4 Å². The Kier molecular flexibility index (Phi) is 5.81. The van der Waals surface area contributed by atoms with Gasteiger partial charge >= 0.3 is 0 Å². The number of aryl methyl sites for hydroxylation is 3. The minimum absolute atomic E-state index is 1.02. The Morgan fingerprint density at radius 3 is 2.68 bits per heavy atom. The van der Waals surface area contributed by atoms with Gasteiger partial charge in [0.1, 0.15) is 0 Å². The number of thiophene rings is 1. The zero-order chi connectivity index (χ0) is 15.9. The summed E-state index contributed by atoms with van der Waals surface area (Å²) in [6, 6.07) is 8.56. The first-order valence-corrected chi connectivity index (χ1v) is 8.49. The van der Waals surface area contributed by atoms with Crippen LogP contribution in [0.3, 0.4) is 0 Å². The van der Waals surface area contributed by atoms with Gasteiger partial charge in [0, 0.05) is 16.0 Å². The molecule has 22 heavy (non-hydrogen) atoms. The van der Waals surface area contributed by atoms with E-state index in [9.17, 15) is 0 Å². The second kappa shape index (κ2) is 7.82. The lowest BCUT2D eigenvalue weighted by Crippen LogP contribution is -1.84. The molecule has 0 atom stereocenters. The molecule has 2 aromatic rings. The molecule has 1 heteroatoms. The third-order valence-corrected chi connectivity index (χ3v) is 4.34. The van der Waals surface area contributed by atoms with Crippen molar-refractivity contribution in [3.8, 4) is 11.8 Å². The van der Waals surface area contributed by atoms with Gasteiger partial charge in [-0.05, 0) is 67.5 Å². The molecular formula is C21H22S. The molecule has 1 aromatic carbocycles. The van der Waals surface area contributed by atoms with Gasteiger partial charge in [-0.25, -0.2) is 0 Å². The minimum Gasteiger partial charge on any atom is -0.149 e.